The van der Waals surface area contributed by atoms with E-state index in [1.165, 1.54) is 0 Å². The highest BCUT2D eigenvalue weighted by Gasteiger charge is 2.33. The molecule has 2 aromatic rings. The van der Waals surface area contributed by atoms with Crippen molar-refractivity contribution >= 4 is 11.8 Å². The van der Waals surface area contributed by atoms with Crippen LogP contribution in [0.2, 0.25) is 0 Å². The van der Waals surface area contributed by atoms with E-state index < -0.39 is 6.04 Å². The summed E-state index contributed by atoms with van der Waals surface area (Å²) >= 11 is 0. The summed E-state index contributed by atoms with van der Waals surface area (Å²) in [6.07, 6.45) is 2.18. The first-order chi connectivity index (χ1) is 12.1. The molecule has 132 valence electrons. The van der Waals surface area contributed by atoms with E-state index in [2.05, 4.69) is 15.6 Å². The maximum Gasteiger partial charge on any atom is 0.276 e. The van der Waals surface area contributed by atoms with Crippen molar-refractivity contribution in [3.8, 4) is 5.75 Å². The third-order valence-electron chi connectivity index (χ3n) is 4.24. The number of carbonyl (C=O) groups is 2. The molecule has 2 amide bonds. The topological polar surface area (TPSA) is 89.4 Å². The average molecular weight is 343 g/mol. The molecule has 1 aromatic carbocycles. The highest BCUT2D eigenvalue weighted by atomic mass is 16.5. The molecule has 0 bridgehead atoms. The quantitative estimate of drug-likeness (QED) is 0.863. The predicted molar refractivity (Wildman–Crippen MR) is 90.2 cm³/mol. The summed E-state index contributed by atoms with van der Waals surface area (Å²) in [6.45, 7) is 3.33. The van der Waals surface area contributed by atoms with E-state index in [4.69, 9.17) is 4.74 Å². The largest absolute Gasteiger partial charge is 0.497 e. The van der Waals surface area contributed by atoms with Gasteiger partial charge < -0.3 is 15.0 Å². The van der Waals surface area contributed by atoms with Gasteiger partial charge in [0.05, 0.1) is 19.9 Å². The van der Waals surface area contributed by atoms with Crippen LogP contribution in [0.15, 0.2) is 30.5 Å². The summed E-state index contributed by atoms with van der Waals surface area (Å²) in [6, 6.07) is 7.16. The van der Waals surface area contributed by atoms with E-state index in [1.807, 2.05) is 31.2 Å². The molecular formula is C17H21N5O3. The van der Waals surface area contributed by atoms with Crippen LogP contribution in [-0.4, -0.2) is 57.9 Å². The fourth-order valence-electron chi connectivity index (χ4n) is 2.90. The lowest BCUT2D eigenvalue weighted by Gasteiger charge is -2.33. The number of methoxy groups -OCH3 is 1. The second-order valence-corrected chi connectivity index (χ2v) is 5.86. The molecule has 8 nitrogen and oxygen atoms in total. The van der Waals surface area contributed by atoms with Gasteiger partial charge in [0, 0.05) is 13.1 Å². The number of benzene rings is 1. The third kappa shape index (κ3) is 3.62. The van der Waals surface area contributed by atoms with Crippen LogP contribution in [0.4, 0.5) is 0 Å². The van der Waals surface area contributed by atoms with E-state index >= 15 is 0 Å². The van der Waals surface area contributed by atoms with Gasteiger partial charge in [-0.1, -0.05) is 24.3 Å². The van der Waals surface area contributed by atoms with Gasteiger partial charge in [-0.05, 0) is 24.1 Å². The van der Waals surface area contributed by atoms with Crippen LogP contribution in [0.5, 0.6) is 5.75 Å². The Balaban J connectivity index is 1.71. The van der Waals surface area contributed by atoms with Crippen molar-refractivity contribution in [1.29, 1.82) is 0 Å². The van der Waals surface area contributed by atoms with Crippen molar-refractivity contribution in [2.24, 2.45) is 0 Å². The number of ether oxygens (including phenoxy) is 1. The van der Waals surface area contributed by atoms with Gasteiger partial charge in [0.1, 0.15) is 11.8 Å². The number of hydrogen-bond acceptors (Lipinski definition) is 5. The van der Waals surface area contributed by atoms with E-state index in [9.17, 15) is 9.59 Å². The van der Waals surface area contributed by atoms with Crippen LogP contribution < -0.4 is 10.1 Å². The van der Waals surface area contributed by atoms with E-state index in [0.717, 1.165) is 11.3 Å². The molecule has 0 radical (unpaired) electrons. The Labute approximate surface area is 145 Å². The van der Waals surface area contributed by atoms with Crippen molar-refractivity contribution in [3.63, 3.8) is 0 Å². The number of nitrogens with one attached hydrogen (secondary N) is 1. The Kier molecular flexibility index (Phi) is 4.97. The molecule has 1 aliphatic heterocycles. The number of hydrogen-bond donors (Lipinski definition) is 1. The molecule has 0 aliphatic carbocycles. The van der Waals surface area contributed by atoms with Gasteiger partial charge in [0.2, 0.25) is 5.91 Å². The van der Waals surface area contributed by atoms with Crippen LogP contribution in [0.3, 0.4) is 0 Å². The zero-order chi connectivity index (χ0) is 17.8. The maximum atomic E-state index is 12.7. The summed E-state index contributed by atoms with van der Waals surface area (Å²) in [4.78, 5) is 26.2. The lowest BCUT2D eigenvalue weighted by atomic mass is 10.1. The lowest BCUT2D eigenvalue weighted by Crippen LogP contribution is -2.57. The van der Waals surface area contributed by atoms with Crippen LogP contribution in [0.1, 0.15) is 29.4 Å². The first-order valence-electron chi connectivity index (χ1n) is 8.24. The van der Waals surface area contributed by atoms with Crippen LogP contribution in [0.25, 0.3) is 0 Å². The molecule has 8 heteroatoms. The van der Waals surface area contributed by atoms with E-state index in [0.29, 0.717) is 26.1 Å². The standard InChI is InChI=1S/C17H21N5O3/c1-3-15-16(23)18-8-9-22(15)17(24)14-11-21(20-19-14)10-12-4-6-13(25-2)7-5-12/h4-7,11,15H,3,8-10H2,1-2H3,(H,18,23)/t15-/m0/s1. The Morgan fingerprint density at radius 2 is 2.12 bits per heavy atom. The zero-order valence-electron chi connectivity index (χ0n) is 14.3. The number of aromatic nitrogens is 3. The van der Waals surface area contributed by atoms with Gasteiger partial charge in [-0.25, -0.2) is 4.68 Å². The monoisotopic (exact) mass is 343 g/mol. The normalized spacial score (nSPS) is 17.3. The van der Waals surface area contributed by atoms with Crippen molar-refractivity contribution in [1.82, 2.24) is 25.2 Å². The molecule has 1 atom stereocenters. The summed E-state index contributed by atoms with van der Waals surface area (Å²) in [5.41, 5.74) is 1.27. The Hall–Kier alpha value is -2.90. The molecule has 1 aromatic heterocycles. The van der Waals surface area contributed by atoms with Crippen molar-refractivity contribution in [2.45, 2.75) is 25.9 Å². The predicted octanol–water partition coefficient (Wildman–Crippen LogP) is 0.686. The van der Waals surface area contributed by atoms with Gasteiger partial charge in [-0.3, -0.25) is 9.59 Å². The number of amides is 2. The van der Waals surface area contributed by atoms with Gasteiger partial charge in [-0.15, -0.1) is 5.10 Å². The molecule has 0 saturated carbocycles. The number of nitrogens with zero attached hydrogens (tertiary/aromatic N) is 4. The molecule has 1 aliphatic rings. The lowest BCUT2D eigenvalue weighted by molar-refractivity contribution is -0.127. The SMILES string of the molecule is CC[C@H]1C(=O)NCCN1C(=O)c1cn(Cc2ccc(OC)cc2)nn1. The van der Waals surface area contributed by atoms with E-state index in [1.54, 1.807) is 22.9 Å². The summed E-state index contributed by atoms with van der Waals surface area (Å²) in [7, 11) is 1.62. The fourth-order valence-corrected chi connectivity index (χ4v) is 2.90. The number of carbonyl (C=O) groups excluding carboxylic acids is 2. The molecule has 1 saturated heterocycles. The van der Waals surface area contributed by atoms with Crippen LogP contribution in [-0.2, 0) is 11.3 Å². The Morgan fingerprint density at radius 3 is 2.80 bits per heavy atom. The average Bonchev–Trinajstić information content (AvgIpc) is 3.10. The third-order valence-corrected chi connectivity index (χ3v) is 4.24. The van der Waals surface area contributed by atoms with Crippen molar-refractivity contribution in [2.75, 3.05) is 20.2 Å². The first-order valence-corrected chi connectivity index (χ1v) is 8.24. The second kappa shape index (κ2) is 7.33. The number of rotatable bonds is 5. The molecule has 0 spiro atoms. The fraction of sp³-hybridized carbons (Fsp3) is 0.412. The smallest absolute Gasteiger partial charge is 0.276 e. The van der Waals surface area contributed by atoms with Gasteiger partial charge >= 0.3 is 0 Å². The van der Waals surface area contributed by atoms with Crippen molar-refractivity contribution in [3.05, 3.63) is 41.7 Å². The van der Waals surface area contributed by atoms with E-state index in [-0.39, 0.29) is 17.5 Å². The molecule has 1 fully saturated rings. The second-order valence-electron chi connectivity index (χ2n) is 5.86. The zero-order valence-corrected chi connectivity index (χ0v) is 14.3. The molecule has 3 rings (SSSR count). The molecule has 0 unspecified atom stereocenters. The van der Waals surface area contributed by atoms with Crippen molar-refractivity contribution < 1.29 is 14.3 Å². The molecular weight excluding hydrogens is 322 g/mol. The molecule has 25 heavy (non-hydrogen) atoms. The summed E-state index contributed by atoms with van der Waals surface area (Å²) < 4.78 is 6.75. The number of piperazine rings is 1. The highest BCUT2D eigenvalue weighted by molar-refractivity contribution is 5.96. The van der Waals surface area contributed by atoms with Gasteiger partial charge in [-0.2, -0.15) is 0 Å². The Bertz CT molecular complexity index is 756. The highest BCUT2D eigenvalue weighted by Crippen LogP contribution is 2.14. The van der Waals surface area contributed by atoms with Crippen LogP contribution in [0, 0.1) is 0 Å². The maximum absolute atomic E-state index is 12.7. The summed E-state index contributed by atoms with van der Waals surface area (Å²) in [5.74, 6) is 0.405. The van der Waals surface area contributed by atoms with Gasteiger partial charge in [0.15, 0.2) is 5.69 Å². The minimum absolute atomic E-state index is 0.118. The Morgan fingerprint density at radius 1 is 1.36 bits per heavy atom. The molecule has 2 heterocycles. The molecule has 1 N–H and O–H groups in total. The minimum atomic E-state index is -0.451. The van der Waals surface area contributed by atoms with Gasteiger partial charge in [0.25, 0.3) is 5.91 Å². The van der Waals surface area contributed by atoms with Crippen LogP contribution >= 0.6 is 0 Å². The minimum Gasteiger partial charge on any atom is -0.497 e. The summed E-state index contributed by atoms with van der Waals surface area (Å²) in [5, 5.41) is 10.8. The first kappa shape index (κ1) is 16.9.